The third kappa shape index (κ3) is 3.20. The maximum Gasteiger partial charge on any atom is 0.169 e. The molecule has 23 heavy (non-hydrogen) atoms. The predicted molar refractivity (Wildman–Crippen MR) is 97.9 cm³/mol. The minimum atomic E-state index is 0.316. The van der Waals surface area contributed by atoms with Crippen LogP contribution >= 0.6 is 23.6 Å². The lowest BCUT2D eigenvalue weighted by atomic mass is 10.2. The minimum Gasteiger partial charge on any atom is -0.376 e. The lowest BCUT2D eigenvalue weighted by Crippen LogP contribution is -2.42. The van der Waals surface area contributed by atoms with Crippen LogP contribution in [-0.4, -0.2) is 40.8 Å². The number of hydrogen-bond donors (Lipinski definition) is 1. The van der Waals surface area contributed by atoms with Gasteiger partial charge in [-0.15, -0.1) is 11.3 Å². The molecule has 2 aliphatic rings. The molecule has 4 rings (SSSR count). The molecule has 0 radical (unpaired) electrons. The number of thiocarbonyl (C=S) groups is 1. The van der Waals surface area contributed by atoms with E-state index in [0.717, 1.165) is 49.6 Å². The number of nitrogens with zero attached hydrogens (tertiary/aromatic N) is 2. The second-order valence-corrected chi connectivity index (χ2v) is 7.64. The number of benzene rings is 1. The maximum atomic E-state index is 5.67. The summed E-state index contributed by atoms with van der Waals surface area (Å²) in [6.07, 6.45) is 4.91. The molecule has 1 aromatic heterocycles. The first kappa shape index (κ1) is 15.3. The zero-order valence-electron chi connectivity index (χ0n) is 13.0. The topological polar surface area (TPSA) is 37.4 Å². The van der Waals surface area contributed by atoms with Crippen LogP contribution in [0.25, 0.3) is 10.2 Å². The van der Waals surface area contributed by atoms with Crippen molar-refractivity contribution in [3.05, 3.63) is 29.3 Å². The van der Waals surface area contributed by atoms with Crippen LogP contribution in [0.1, 0.15) is 36.7 Å². The Morgan fingerprint density at radius 2 is 2.26 bits per heavy atom. The van der Waals surface area contributed by atoms with Gasteiger partial charge in [-0.05, 0) is 50.0 Å². The van der Waals surface area contributed by atoms with E-state index in [9.17, 15) is 0 Å². The molecular formula is C17H21N3OS2. The van der Waals surface area contributed by atoms with Crippen LogP contribution in [0.4, 0.5) is 0 Å². The van der Waals surface area contributed by atoms with Gasteiger partial charge in [0.1, 0.15) is 5.01 Å². The molecule has 0 amide bonds. The molecular weight excluding hydrogens is 326 g/mol. The highest BCUT2D eigenvalue weighted by molar-refractivity contribution is 7.80. The summed E-state index contributed by atoms with van der Waals surface area (Å²) in [6.45, 7) is 2.72. The average Bonchev–Trinajstić information content (AvgIpc) is 3.31. The zero-order chi connectivity index (χ0) is 15.6. The Morgan fingerprint density at radius 1 is 1.35 bits per heavy atom. The maximum absolute atomic E-state index is 5.67. The molecule has 1 N–H and O–H groups in total. The summed E-state index contributed by atoms with van der Waals surface area (Å²) < 4.78 is 6.92. The zero-order valence-corrected chi connectivity index (χ0v) is 14.7. The van der Waals surface area contributed by atoms with Crippen molar-refractivity contribution in [2.45, 2.75) is 37.8 Å². The molecule has 0 saturated carbocycles. The molecule has 2 aliphatic heterocycles. The molecule has 122 valence electrons. The summed E-state index contributed by atoms with van der Waals surface area (Å²) in [7, 11) is 0. The summed E-state index contributed by atoms with van der Waals surface area (Å²) in [4.78, 5) is 7.14. The fourth-order valence-corrected chi connectivity index (χ4v) is 4.82. The van der Waals surface area contributed by atoms with E-state index in [2.05, 4.69) is 28.4 Å². The van der Waals surface area contributed by atoms with Crippen LogP contribution < -0.4 is 5.32 Å². The highest BCUT2D eigenvalue weighted by Crippen LogP contribution is 2.36. The Labute approximate surface area is 145 Å². The van der Waals surface area contributed by atoms with Crippen LogP contribution in [0.2, 0.25) is 0 Å². The van der Waals surface area contributed by atoms with Gasteiger partial charge in [-0.2, -0.15) is 0 Å². The van der Waals surface area contributed by atoms with E-state index in [-0.39, 0.29) is 0 Å². The molecule has 2 fully saturated rings. The molecule has 4 nitrogen and oxygen atoms in total. The van der Waals surface area contributed by atoms with Gasteiger partial charge in [-0.3, -0.25) is 0 Å². The largest absolute Gasteiger partial charge is 0.376 e. The second kappa shape index (κ2) is 6.71. The van der Waals surface area contributed by atoms with Crippen molar-refractivity contribution in [1.82, 2.24) is 15.2 Å². The van der Waals surface area contributed by atoms with Crippen LogP contribution in [0, 0.1) is 0 Å². The van der Waals surface area contributed by atoms with Gasteiger partial charge in [0.2, 0.25) is 0 Å². The van der Waals surface area contributed by atoms with Crippen molar-refractivity contribution < 1.29 is 4.74 Å². The Hall–Kier alpha value is -1.24. The summed E-state index contributed by atoms with van der Waals surface area (Å²) in [5, 5.41) is 5.44. The Balaban J connectivity index is 1.46. The third-order valence-corrected chi connectivity index (χ3v) is 6.13. The summed E-state index contributed by atoms with van der Waals surface area (Å²) in [6, 6.07) is 8.67. The minimum absolute atomic E-state index is 0.316. The number of para-hydroxylation sites is 1. The van der Waals surface area contributed by atoms with E-state index < -0.39 is 0 Å². The number of hydrogen-bond acceptors (Lipinski definition) is 4. The predicted octanol–water partition coefficient (Wildman–Crippen LogP) is 3.49. The summed E-state index contributed by atoms with van der Waals surface area (Å²) in [5.74, 6) is 0. The van der Waals surface area contributed by atoms with Crippen LogP contribution in [-0.2, 0) is 4.74 Å². The fraction of sp³-hybridized carbons (Fsp3) is 0.529. The normalized spacial score (nSPS) is 24.4. The van der Waals surface area contributed by atoms with Crippen molar-refractivity contribution in [2.75, 3.05) is 19.7 Å². The quantitative estimate of drug-likeness (QED) is 0.861. The Morgan fingerprint density at radius 3 is 3.09 bits per heavy atom. The van der Waals surface area contributed by atoms with Crippen LogP contribution in [0.15, 0.2) is 24.3 Å². The molecule has 0 spiro atoms. The van der Waals surface area contributed by atoms with E-state index in [0.29, 0.717) is 12.1 Å². The van der Waals surface area contributed by atoms with E-state index >= 15 is 0 Å². The number of likely N-dealkylation sites (tertiary alicyclic amines) is 1. The van der Waals surface area contributed by atoms with Crippen LogP contribution in [0.3, 0.4) is 0 Å². The molecule has 0 aliphatic carbocycles. The number of ether oxygens (including phenoxy) is 1. The first-order chi connectivity index (χ1) is 11.3. The number of rotatable bonds is 3. The molecule has 1 aromatic carbocycles. The summed E-state index contributed by atoms with van der Waals surface area (Å²) in [5.41, 5.74) is 1.09. The molecule has 6 heteroatoms. The van der Waals surface area contributed by atoms with Gasteiger partial charge in [0.25, 0.3) is 0 Å². The lowest BCUT2D eigenvalue weighted by molar-refractivity contribution is 0.113. The van der Waals surface area contributed by atoms with E-state index in [4.69, 9.17) is 21.9 Å². The van der Waals surface area contributed by atoms with Gasteiger partial charge >= 0.3 is 0 Å². The first-order valence-electron chi connectivity index (χ1n) is 8.33. The SMILES string of the molecule is S=C(NC[C@H]1CCCO1)N1CCC[C@@H]1c1nc2ccccc2s1. The van der Waals surface area contributed by atoms with E-state index in [1.54, 1.807) is 11.3 Å². The highest BCUT2D eigenvalue weighted by Gasteiger charge is 2.30. The number of fused-ring (bicyclic) bond motifs is 1. The Kier molecular flexibility index (Phi) is 4.46. The number of thiazole rings is 1. The number of nitrogens with one attached hydrogen (secondary N) is 1. The molecule has 2 aromatic rings. The molecule has 2 atom stereocenters. The fourth-order valence-electron chi connectivity index (χ4n) is 3.41. The van der Waals surface area contributed by atoms with Gasteiger partial charge in [0.05, 0.1) is 22.4 Å². The second-order valence-electron chi connectivity index (χ2n) is 6.19. The summed E-state index contributed by atoms with van der Waals surface area (Å²) >= 11 is 7.44. The Bertz CT molecular complexity index is 663. The lowest BCUT2D eigenvalue weighted by Gasteiger charge is -2.27. The highest BCUT2D eigenvalue weighted by atomic mass is 32.1. The van der Waals surface area contributed by atoms with E-state index in [1.807, 2.05) is 6.07 Å². The van der Waals surface area contributed by atoms with Gasteiger partial charge < -0.3 is 15.0 Å². The van der Waals surface area contributed by atoms with E-state index in [1.165, 1.54) is 16.1 Å². The standard InChI is InChI=1S/C17H21N3OS2/c22-17(18-11-12-5-4-10-21-12)20-9-3-7-14(20)16-19-13-6-1-2-8-15(13)23-16/h1-2,6,8,12,14H,3-5,7,9-11H2,(H,18,22)/t12-,14-/m1/s1. The average molecular weight is 348 g/mol. The van der Waals surface area contributed by atoms with Crippen molar-refractivity contribution in [3.8, 4) is 0 Å². The molecule has 3 heterocycles. The molecule has 0 bridgehead atoms. The number of aromatic nitrogens is 1. The van der Waals surface area contributed by atoms with Gasteiger partial charge in [0, 0.05) is 19.7 Å². The van der Waals surface area contributed by atoms with Crippen LogP contribution in [0.5, 0.6) is 0 Å². The van der Waals surface area contributed by atoms with Gasteiger partial charge in [-0.25, -0.2) is 4.98 Å². The van der Waals surface area contributed by atoms with Crippen molar-refractivity contribution in [2.24, 2.45) is 0 Å². The van der Waals surface area contributed by atoms with Crippen molar-refractivity contribution >= 4 is 38.9 Å². The monoisotopic (exact) mass is 347 g/mol. The van der Waals surface area contributed by atoms with Gasteiger partial charge in [-0.1, -0.05) is 12.1 Å². The van der Waals surface area contributed by atoms with Crippen molar-refractivity contribution in [3.63, 3.8) is 0 Å². The molecule has 0 unspecified atom stereocenters. The smallest absolute Gasteiger partial charge is 0.169 e. The molecule has 2 saturated heterocycles. The van der Waals surface area contributed by atoms with Crippen molar-refractivity contribution in [1.29, 1.82) is 0 Å². The third-order valence-electron chi connectivity index (χ3n) is 4.61. The first-order valence-corrected chi connectivity index (χ1v) is 9.55. The van der Waals surface area contributed by atoms with Gasteiger partial charge in [0.15, 0.2) is 5.11 Å².